The normalized spacial score (nSPS) is 11.5. The summed E-state index contributed by atoms with van der Waals surface area (Å²) in [4.78, 5) is 12.3. The highest BCUT2D eigenvalue weighted by molar-refractivity contribution is 7.13. The second-order valence-corrected chi connectivity index (χ2v) is 6.54. The Bertz CT molecular complexity index is 1120. The molecule has 3 heterocycles. The van der Waals surface area contributed by atoms with Crippen LogP contribution in [0.2, 0.25) is 0 Å². The van der Waals surface area contributed by atoms with E-state index in [9.17, 15) is 0 Å². The van der Waals surface area contributed by atoms with Gasteiger partial charge in [-0.2, -0.15) is 0 Å². The summed E-state index contributed by atoms with van der Waals surface area (Å²) in [6.45, 7) is 0. The number of thiophene rings is 1. The van der Waals surface area contributed by atoms with Gasteiger partial charge in [0, 0.05) is 27.0 Å². The molecule has 0 spiro atoms. The highest BCUT2D eigenvalue weighted by Gasteiger charge is 2.07. The second-order valence-electron chi connectivity index (χ2n) is 5.60. The molecule has 0 saturated carbocycles. The molecule has 3 nitrogen and oxygen atoms in total. The predicted octanol–water partition coefficient (Wildman–Crippen LogP) is 5.44. The smallest absolute Gasteiger partial charge is 0.0931 e. The number of hydrogen-bond acceptors (Lipinski definition) is 2. The van der Waals surface area contributed by atoms with Crippen molar-refractivity contribution in [2.75, 3.05) is 0 Å². The summed E-state index contributed by atoms with van der Waals surface area (Å²) in [5, 5.41) is 3.34. The molecule has 23 heavy (non-hydrogen) atoms. The Kier molecular flexibility index (Phi) is 2.66. The highest BCUT2D eigenvalue weighted by Crippen LogP contribution is 2.31. The molecule has 0 atom stereocenters. The van der Waals surface area contributed by atoms with Crippen molar-refractivity contribution in [3.8, 4) is 21.7 Å². The van der Waals surface area contributed by atoms with E-state index in [-0.39, 0.29) is 0 Å². The lowest BCUT2D eigenvalue weighted by molar-refractivity contribution is 1.34. The number of fused-ring (bicyclic) bond motifs is 2. The fraction of sp³-hybridized carbons (Fsp3) is 0. The van der Waals surface area contributed by atoms with Crippen LogP contribution >= 0.6 is 11.3 Å². The average molecular weight is 315 g/mol. The SMILES string of the molecule is c1csc(-c2ccc3cc(-c4ccc5nc[nH]c5c4)[nH]c3c2)c1. The maximum Gasteiger partial charge on any atom is 0.0931 e. The van der Waals surface area contributed by atoms with Gasteiger partial charge >= 0.3 is 0 Å². The Morgan fingerprint density at radius 3 is 2.70 bits per heavy atom. The standard InChI is InChI=1S/C19H13N3S/c1-2-19(23-7-1)14-4-3-12-8-16(22-17(12)10-14)13-5-6-15-18(9-13)21-11-20-15/h1-11,22H,(H,20,21). The molecule has 0 unspecified atom stereocenters. The van der Waals surface area contributed by atoms with E-state index in [1.165, 1.54) is 15.8 Å². The third-order valence-electron chi connectivity index (χ3n) is 4.16. The third-order valence-corrected chi connectivity index (χ3v) is 5.08. The molecule has 0 amide bonds. The zero-order valence-corrected chi connectivity index (χ0v) is 13.0. The summed E-state index contributed by atoms with van der Waals surface area (Å²) in [6, 6.07) is 19.3. The minimum absolute atomic E-state index is 0.991. The van der Waals surface area contributed by atoms with Gasteiger partial charge < -0.3 is 9.97 Å². The molecular weight excluding hydrogens is 302 g/mol. The second kappa shape index (κ2) is 4.83. The Morgan fingerprint density at radius 1 is 0.870 bits per heavy atom. The lowest BCUT2D eigenvalue weighted by Crippen LogP contribution is -1.78. The molecule has 0 fully saturated rings. The monoisotopic (exact) mass is 315 g/mol. The average Bonchev–Trinajstić information content (AvgIpc) is 3.32. The number of rotatable bonds is 2. The summed E-state index contributed by atoms with van der Waals surface area (Å²) < 4.78 is 0. The molecule has 0 radical (unpaired) electrons. The molecule has 4 heteroatoms. The van der Waals surface area contributed by atoms with Crippen molar-refractivity contribution in [3.63, 3.8) is 0 Å². The molecule has 2 aromatic carbocycles. The number of aromatic nitrogens is 3. The summed E-state index contributed by atoms with van der Waals surface area (Å²) in [5.74, 6) is 0. The van der Waals surface area contributed by atoms with Crippen LogP contribution in [0.15, 0.2) is 66.3 Å². The summed E-state index contributed by atoms with van der Waals surface area (Å²) in [5.41, 5.74) is 6.75. The minimum atomic E-state index is 0.991. The summed E-state index contributed by atoms with van der Waals surface area (Å²) in [7, 11) is 0. The van der Waals surface area contributed by atoms with Gasteiger partial charge in [-0.15, -0.1) is 11.3 Å². The molecule has 5 rings (SSSR count). The van der Waals surface area contributed by atoms with Crippen molar-refractivity contribution in [1.82, 2.24) is 15.0 Å². The largest absolute Gasteiger partial charge is 0.355 e. The van der Waals surface area contributed by atoms with Crippen LogP contribution in [0, 0.1) is 0 Å². The van der Waals surface area contributed by atoms with Crippen molar-refractivity contribution in [3.05, 3.63) is 66.3 Å². The van der Waals surface area contributed by atoms with Crippen LogP contribution in [0.5, 0.6) is 0 Å². The fourth-order valence-electron chi connectivity index (χ4n) is 2.98. The van der Waals surface area contributed by atoms with Gasteiger partial charge in [0.15, 0.2) is 0 Å². The van der Waals surface area contributed by atoms with Gasteiger partial charge in [0.2, 0.25) is 0 Å². The molecule has 3 aromatic heterocycles. The van der Waals surface area contributed by atoms with Crippen molar-refractivity contribution in [1.29, 1.82) is 0 Å². The summed E-state index contributed by atoms with van der Waals surface area (Å²) in [6.07, 6.45) is 1.73. The zero-order valence-electron chi connectivity index (χ0n) is 12.2. The molecule has 2 N–H and O–H groups in total. The van der Waals surface area contributed by atoms with E-state index >= 15 is 0 Å². The van der Waals surface area contributed by atoms with Crippen LogP contribution in [0.25, 0.3) is 43.6 Å². The van der Waals surface area contributed by atoms with Gasteiger partial charge in [0.1, 0.15) is 0 Å². The lowest BCUT2D eigenvalue weighted by Gasteiger charge is -1.98. The van der Waals surface area contributed by atoms with Crippen molar-refractivity contribution in [2.24, 2.45) is 0 Å². The van der Waals surface area contributed by atoms with Crippen LogP contribution in [-0.2, 0) is 0 Å². The number of benzene rings is 2. The molecular formula is C19H13N3S. The molecule has 0 saturated heterocycles. The lowest BCUT2D eigenvalue weighted by atomic mass is 10.1. The number of hydrogen-bond donors (Lipinski definition) is 2. The van der Waals surface area contributed by atoms with E-state index < -0.39 is 0 Å². The number of nitrogens with one attached hydrogen (secondary N) is 2. The first-order valence-electron chi connectivity index (χ1n) is 7.47. The van der Waals surface area contributed by atoms with Crippen LogP contribution in [0.3, 0.4) is 0 Å². The minimum Gasteiger partial charge on any atom is -0.355 e. The number of H-pyrrole nitrogens is 2. The first-order chi connectivity index (χ1) is 11.4. The maximum atomic E-state index is 4.27. The Labute approximate surface area is 136 Å². The van der Waals surface area contributed by atoms with Gasteiger partial charge in [0.05, 0.1) is 17.4 Å². The maximum absolute atomic E-state index is 4.27. The molecule has 5 aromatic rings. The Hall–Kier alpha value is -2.85. The first kappa shape index (κ1) is 12.7. The van der Waals surface area contributed by atoms with E-state index in [1.807, 2.05) is 6.07 Å². The van der Waals surface area contributed by atoms with Gasteiger partial charge in [-0.3, -0.25) is 0 Å². The van der Waals surface area contributed by atoms with Gasteiger partial charge in [-0.25, -0.2) is 4.98 Å². The van der Waals surface area contributed by atoms with Crippen LogP contribution in [0.1, 0.15) is 0 Å². The topological polar surface area (TPSA) is 44.5 Å². The van der Waals surface area contributed by atoms with E-state index in [2.05, 4.69) is 68.9 Å². The molecule has 0 aliphatic heterocycles. The van der Waals surface area contributed by atoms with Crippen molar-refractivity contribution < 1.29 is 0 Å². The Morgan fingerprint density at radius 2 is 1.78 bits per heavy atom. The van der Waals surface area contributed by atoms with Crippen LogP contribution < -0.4 is 0 Å². The predicted molar refractivity (Wildman–Crippen MR) is 96.7 cm³/mol. The molecule has 0 aliphatic rings. The van der Waals surface area contributed by atoms with E-state index in [4.69, 9.17) is 0 Å². The van der Waals surface area contributed by atoms with E-state index in [0.717, 1.165) is 27.8 Å². The van der Waals surface area contributed by atoms with E-state index in [0.29, 0.717) is 0 Å². The molecule has 110 valence electrons. The number of aromatic amines is 2. The van der Waals surface area contributed by atoms with Crippen molar-refractivity contribution in [2.45, 2.75) is 0 Å². The van der Waals surface area contributed by atoms with Gasteiger partial charge in [0.25, 0.3) is 0 Å². The number of imidazole rings is 1. The fourth-order valence-corrected chi connectivity index (χ4v) is 3.71. The molecule has 0 aliphatic carbocycles. The third kappa shape index (κ3) is 2.07. The Balaban J connectivity index is 1.64. The van der Waals surface area contributed by atoms with Crippen molar-refractivity contribution >= 4 is 33.3 Å². The first-order valence-corrected chi connectivity index (χ1v) is 8.35. The van der Waals surface area contributed by atoms with Gasteiger partial charge in [-0.05, 0) is 41.3 Å². The summed E-state index contributed by atoms with van der Waals surface area (Å²) >= 11 is 1.77. The quantitative estimate of drug-likeness (QED) is 0.447. The van der Waals surface area contributed by atoms with Crippen LogP contribution in [0.4, 0.5) is 0 Å². The molecule has 0 bridgehead atoms. The van der Waals surface area contributed by atoms with Gasteiger partial charge in [-0.1, -0.05) is 24.3 Å². The number of nitrogens with zero attached hydrogens (tertiary/aromatic N) is 1. The highest BCUT2D eigenvalue weighted by atomic mass is 32.1. The van der Waals surface area contributed by atoms with E-state index in [1.54, 1.807) is 17.7 Å². The zero-order chi connectivity index (χ0) is 15.2. The van der Waals surface area contributed by atoms with Crippen LogP contribution in [-0.4, -0.2) is 15.0 Å².